The Labute approximate surface area is 167 Å². The lowest BCUT2D eigenvalue weighted by atomic mass is 9.86. The van der Waals surface area contributed by atoms with Crippen molar-refractivity contribution >= 4 is 29.3 Å². The van der Waals surface area contributed by atoms with Crippen molar-refractivity contribution in [2.45, 2.75) is 50.5 Å². The fourth-order valence-corrected chi connectivity index (χ4v) is 5.88. The summed E-state index contributed by atoms with van der Waals surface area (Å²) in [6.07, 6.45) is 6.17. The summed E-state index contributed by atoms with van der Waals surface area (Å²) in [5.41, 5.74) is 0.710. The second-order valence-corrected chi connectivity index (χ2v) is 8.68. The van der Waals surface area contributed by atoms with E-state index < -0.39 is 11.7 Å². The van der Waals surface area contributed by atoms with E-state index >= 15 is 0 Å². The lowest BCUT2D eigenvalue weighted by Gasteiger charge is -2.44. The zero-order valence-corrected chi connectivity index (χ0v) is 16.5. The summed E-state index contributed by atoms with van der Waals surface area (Å²) >= 11 is 7.74. The topological polar surface area (TPSA) is 47.3 Å². The minimum absolute atomic E-state index is 0.0682. The summed E-state index contributed by atoms with van der Waals surface area (Å²) in [4.78, 5) is 17.0. The Hall–Kier alpha value is -1.55. The van der Waals surface area contributed by atoms with Crippen LogP contribution >= 0.6 is 23.4 Å². The normalized spacial score (nSPS) is 24.7. The molecule has 1 saturated carbocycles. The van der Waals surface area contributed by atoms with Crippen molar-refractivity contribution in [3.63, 3.8) is 0 Å². The van der Waals surface area contributed by atoms with Crippen molar-refractivity contribution < 1.29 is 9.18 Å². The molecule has 0 unspecified atom stereocenters. The Morgan fingerprint density at radius 2 is 2.04 bits per heavy atom. The van der Waals surface area contributed by atoms with Crippen LogP contribution in [0, 0.1) is 17.1 Å². The molecule has 0 spiro atoms. The van der Waals surface area contributed by atoms with E-state index in [1.807, 2.05) is 0 Å². The summed E-state index contributed by atoms with van der Waals surface area (Å²) in [5, 5.41) is 10.7. The van der Waals surface area contributed by atoms with Crippen molar-refractivity contribution in [1.29, 1.82) is 5.26 Å². The van der Waals surface area contributed by atoms with Gasteiger partial charge >= 0.3 is 0 Å². The van der Waals surface area contributed by atoms with E-state index in [9.17, 15) is 14.4 Å². The molecule has 2 heterocycles. The molecule has 1 amide bonds. The fraction of sp³-hybridized carbons (Fsp3) is 0.500. The van der Waals surface area contributed by atoms with Crippen LogP contribution in [0.2, 0.25) is 5.02 Å². The van der Waals surface area contributed by atoms with Gasteiger partial charge in [-0.05, 0) is 25.0 Å². The van der Waals surface area contributed by atoms with E-state index in [-0.39, 0.29) is 22.9 Å². The molecule has 4 rings (SSSR count). The molecule has 4 nitrogen and oxygen atoms in total. The number of rotatable bonds is 2. The molecule has 0 bridgehead atoms. The Bertz CT molecular complexity index is 811. The van der Waals surface area contributed by atoms with Gasteiger partial charge in [0.15, 0.2) is 0 Å². The molecule has 1 saturated heterocycles. The Morgan fingerprint density at radius 3 is 2.74 bits per heavy atom. The minimum atomic E-state index is -0.615. The molecule has 27 heavy (non-hydrogen) atoms. The van der Waals surface area contributed by atoms with E-state index in [1.54, 1.807) is 11.0 Å². The number of nitriles is 1. The number of halogens is 2. The van der Waals surface area contributed by atoms with E-state index in [1.165, 1.54) is 56.0 Å². The van der Waals surface area contributed by atoms with E-state index in [0.29, 0.717) is 23.3 Å². The monoisotopic (exact) mass is 405 g/mol. The lowest BCUT2D eigenvalue weighted by Crippen LogP contribution is -2.51. The molecule has 2 fully saturated rings. The zero-order valence-electron chi connectivity index (χ0n) is 15.0. The van der Waals surface area contributed by atoms with Crippen molar-refractivity contribution in [2.24, 2.45) is 0 Å². The molecule has 1 aromatic rings. The van der Waals surface area contributed by atoms with Crippen molar-refractivity contribution in [2.75, 3.05) is 12.5 Å². The number of fused-ring (bicyclic) bond motifs is 1. The first-order chi connectivity index (χ1) is 13.1. The van der Waals surface area contributed by atoms with Crippen LogP contribution < -0.4 is 0 Å². The van der Waals surface area contributed by atoms with Crippen molar-refractivity contribution in [3.8, 4) is 6.07 Å². The quantitative estimate of drug-likeness (QED) is 0.707. The highest BCUT2D eigenvalue weighted by Crippen LogP contribution is 2.45. The van der Waals surface area contributed by atoms with Gasteiger partial charge in [-0.15, -0.1) is 0 Å². The van der Waals surface area contributed by atoms with Crippen LogP contribution in [0.1, 0.15) is 50.0 Å². The second-order valence-electron chi connectivity index (χ2n) is 7.34. The Morgan fingerprint density at radius 1 is 1.26 bits per heavy atom. The first-order valence-electron chi connectivity index (χ1n) is 9.35. The Balaban J connectivity index is 1.66. The van der Waals surface area contributed by atoms with Crippen LogP contribution in [0.15, 0.2) is 28.8 Å². The van der Waals surface area contributed by atoms with Gasteiger partial charge in [0.05, 0.1) is 29.2 Å². The lowest BCUT2D eigenvalue weighted by molar-refractivity contribution is -0.132. The average Bonchev–Trinajstić information content (AvgIpc) is 2.68. The predicted molar refractivity (Wildman–Crippen MR) is 104 cm³/mol. The number of amides is 1. The Kier molecular flexibility index (Phi) is 5.45. The van der Waals surface area contributed by atoms with Crippen LogP contribution in [0.3, 0.4) is 0 Å². The third-order valence-electron chi connectivity index (χ3n) is 5.75. The van der Waals surface area contributed by atoms with Gasteiger partial charge in [-0.3, -0.25) is 14.6 Å². The standard InChI is InChI=1S/C20H21ClFN3OS/c21-16-7-4-8-17(22)19(16)14-9-18(26)25-11-24(13-5-2-1-3-6-13)12-27-20(25)15(14)10-23/h4,7-8,13-14H,1-3,5-6,9,11-12H2/t14-/m0/s1. The van der Waals surface area contributed by atoms with Crippen LogP contribution in [0.4, 0.5) is 4.39 Å². The molecule has 142 valence electrons. The molecule has 3 aliphatic rings. The maximum absolute atomic E-state index is 14.4. The van der Waals surface area contributed by atoms with Gasteiger partial charge in [0.2, 0.25) is 5.91 Å². The minimum Gasteiger partial charge on any atom is -0.292 e. The SMILES string of the molecule is N#CC1=C2SCN(C3CCCCC3)CN2C(=O)C[C@@H]1c1c(F)cccc1Cl. The number of thioether (sulfide) groups is 1. The fourth-order valence-electron chi connectivity index (χ4n) is 4.34. The molecule has 0 N–H and O–H groups in total. The third-order valence-corrected chi connectivity index (χ3v) is 7.26. The van der Waals surface area contributed by atoms with Crippen LogP contribution in [0.5, 0.6) is 0 Å². The largest absolute Gasteiger partial charge is 0.292 e. The summed E-state index contributed by atoms with van der Waals surface area (Å²) in [7, 11) is 0. The molecule has 2 aliphatic heterocycles. The molecule has 1 aliphatic carbocycles. The highest BCUT2D eigenvalue weighted by atomic mass is 35.5. The van der Waals surface area contributed by atoms with Crippen LogP contribution in [0.25, 0.3) is 0 Å². The molecule has 0 radical (unpaired) electrons. The van der Waals surface area contributed by atoms with Crippen molar-refractivity contribution in [1.82, 2.24) is 9.80 Å². The first-order valence-corrected chi connectivity index (χ1v) is 10.7. The molecule has 1 aromatic carbocycles. The van der Waals surface area contributed by atoms with Crippen molar-refractivity contribution in [3.05, 3.63) is 45.2 Å². The smallest absolute Gasteiger partial charge is 0.229 e. The van der Waals surface area contributed by atoms with Gasteiger partial charge in [-0.2, -0.15) is 5.26 Å². The first kappa shape index (κ1) is 18.8. The van der Waals surface area contributed by atoms with E-state index in [4.69, 9.17) is 11.6 Å². The summed E-state index contributed by atoms with van der Waals surface area (Å²) in [5.74, 6) is -0.392. The number of carbonyl (C=O) groups excluding carboxylic acids is 1. The van der Waals surface area contributed by atoms with Gasteiger partial charge < -0.3 is 0 Å². The number of nitrogens with zero attached hydrogens (tertiary/aromatic N) is 3. The molecular formula is C20H21ClFN3OS. The van der Waals surface area contributed by atoms with E-state index in [2.05, 4.69) is 11.0 Å². The number of hydrogen-bond acceptors (Lipinski definition) is 4. The van der Waals surface area contributed by atoms with Gasteiger partial charge in [-0.1, -0.05) is 48.7 Å². The number of carbonyl (C=O) groups is 1. The van der Waals surface area contributed by atoms with Gasteiger partial charge in [0, 0.05) is 29.0 Å². The molecular weight excluding hydrogens is 385 g/mol. The molecule has 1 atom stereocenters. The van der Waals surface area contributed by atoms with Gasteiger partial charge in [-0.25, -0.2) is 4.39 Å². The summed E-state index contributed by atoms with van der Waals surface area (Å²) in [6.45, 7) is 0.523. The van der Waals surface area contributed by atoms with Crippen LogP contribution in [-0.2, 0) is 4.79 Å². The third kappa shape index (κ3) is 3.49. The zero-order chi connectivity index (χ0) is 19.0. The maximum atomic E-state index is 14.4. The van der Waals surface area contributed by atoms with Gasteiger partial charge in [0.25, 0.3) is 0 Å². The highest BCUT2D eigenvalue weighted by Gasteiger charge is 2.41. The molecule has 7 heteroatoms. The predicted octanol–water partition coefficient (Wildman–Crippen LogP) is 4.83. The van der Waals surface area contributed by atoms with Crippen LogP contribution in [-0.4, -0.2) is 34.3 Å². The summed E-state index contributed by atoms with van der Waals surface area (Å²) < 4.78 is 14.4. The molecule has 0 aromatic heterocycles. The van der Waals surface area contributed by atoms with E-state index in [0.717, 1.165) is 5.88 Å². The van der Waals surface area contributed by atoms with Gasteiger partial charge in [0.1, 0.15) is 5.82 Å². The highest BCUT2D eigenvalue weighted by molar-refractivity contribution is 8.03. The maximum Gasteiger partial charge on any atom is 0.229 e. The average molecular weight is 406 g/mol. The number of allylic oxidation sites excluding steroid dienone is 1. The number of benzene rings is 1. The summed E-state index contributed by atoms with van der Waals surface area (Å²) in [6, 6.07) is 7.22. The second kappa shape index (κ2) is 7.83. The number of hydrogen-bond donors (Lipinski definition) is 0.